The first-order chi connectivity index (χ1) is 30.5. The average Bonchev–Trinajstić information content (AvgIpc) is 3.56. The van der Waals surface area contributed by atoms with Crippen LogP contribution in [0.2, 0.25) is 0 Å². The molecule has 10 rings (SSSR count). The summed E-state index contributed by atoms with van der Waals surface area (Å²) in [5.74, 6) is 0. The number of aryl methyl sites for hydroxylation is 1. The molecule has 0 spiro atoms. The Morgan fingerprint density at radius 3 is 1.16 bits per heavy atom. The van der Waals surface area contributed by atoms with Crippen molar-refractivity contribution in [3.05, 3.63) is 247 Å². The van der Waals surface area contributed by atoms with Gasteiger partial charge >= 0.3 is 0 Å². The topological polar surface area (TPSA) is 9.72 Å². The SMILES string of the molecule is CCc1cccc2c1-c1ccc(N(c3ccc(-c4ccccc4)cc3)c3cc(N(c4ccccc4)c4ccccc4)cc(N(c4ccccc4)c4ccccc4)c3)cc1C2(C)C. The van der Waals surface area contributed by atoms with Gasteiger partial charge in [-0.05, 0) is 136 Å². The standard InChI is InChI=1S/C59H49N3/c1-4-43-23-20-32-56-58(43)55-38-37-51(42-57(55)59(56,2)3)62(50-35-33-45(34-36-50)44-21-10-5-11-22-44)54-40-52(60(46-24-12-6-13-25-46)47-26-14-7-15-27-47)39-53(41-54)61(48-28-16-8-17-29-48)49-30-18-9-19-31-49/h5-42H,4H2,1-3H3. The van der Waals surface area contributed by atoms with E-state index in [9.17, 15) is 0 Å². The van der Waals surface area contributed by atoms with E-state index in [0.29, 0.717) is 0 Å². The lowest BCUT2D eigenvalue weighted by Crippen LogP contribution is -2.18. The number of benzene rings is 9. The van der Waals surface area contributed by atoms with Gasteiger partial charge in [-0.3, -0.25) is 0 Å². The summed E-state index contributed by atoms with van der Waals surface area (Å²) in [4.78, 5) is 7.18. The van der Waals surface area contributed by atoms with Gasteiger partial charge < -0.3 is 14.7 Å². The number of anilines is 9. The maximum atomic E-state index is 2.45. The molecule has 62 heavy (non-hydrogen) atoms. The highest BCUT2D eigenvalue weighted by Gasteiger charge is 2.37. The Morgan fingerprint density at radius 1 is 0.323 bits per heavy atom. The molecule has 0 fully saturated rings. The van der Waals surface area contributed by atoms with Gasteiger partial charge in [-0.15, -0.1) is 0 Å². The van der Waals surface area contributed by atoms with Crippen molar-refractivity contribution < 1.29 is 0 Å². The fraction of sp³-hybridized carbons (Fsp3) is 0.0847. The number of rotatable bonds is 11. The van der Waals surface area contributed by atoms with Crippen LogP contribution in [-0.4, -0.2) is 0 Å². The maximum Gasteiger partial charge on any atom is 0.0503 e. The van der Waals surface area contributed by atoms with E-state index >= 15 is 0 Å². The molecule has 0 amide bonds. The van der Waals surface area contributed by atoms with Crippen LogP contribution in [0.15, 0.2) is 231 Å². The molecule has 0 heterocycles. The zero-order valence-electron chi connectivity index (χ0n) is 35.5. The number of hydrogen-bond donors (Lipinski definition) is 0. The molecule has 300 valence electrons. The lowest BCUT2D eigenvalue weighted by atomic mass is 9.82. The van der Waals surface area contributed by atoms with Crippen LogP contribution in [0.25, 0.3) is 22.3 Å². The molecule has 0 bridgehead atoms. The van der Waals surface area contributed by atoms with Crippen LogP contribution < -0.4 is 14.7 Å². The van der Waals surface area contributed by atoms with Gasteiger partial charge in [0.2, 0.25) is 0 Å². The summed E-state index contributed by atoms with van der Waals surface area (Å²) in [7, 11) is 0. The van der Waals surface area contributed by atoms with Crippen molar-refractivity contribution in [2.24, 2.45) is 0 Å². The molecule has 9 aromatic rings. The van der Waals surface area contributed by atoms with E-state index in [0.717, 1.165) is 57.6 Å². The summed E-state index contributed by atoms with van der Waals surface area (Å²) in [5.41, 5.74) is 18.7. The first kappa shape index (κ1) is 38.6. The third kappa shape index (κ3) is 7.12. The summed E-state index contributed by atoms with van der Waals surface area (Å²) >= 11 is 0. The molecule has 1 aliphatic carbocycles. The van der Waals surface area contributed by atoms with Gasteiger partial charge in [0.1, 0.15) is 0 Å². The Bertz CT molecular complexity index is 2770. The zero-order chi connectivity index (χ0) is 42.0. The van der Waals surface area contributed by atoms with Crippen LogP contribution in [0.1, 0.15) is 37.5 Å². The molecular weight excluding hydrogens is 751 g/mol. The molecule has 0 atom stereocenters. The number of fused-ring (bicyclic) bond motifs is 3. The number of hydrogen-bond acceptors (Lipinski definition) is 3. The minimum Gasteiger partial charge on any atom is -0.310 e. The van der Waals surface area contributed by atoms with Crippen LogP contribution in [0.3, 0.4) is 0 Å². The number of para-hydroxylation sites is 4. The first-order valence-corrected chi connectivity index (χ1v) is 21.7. The summed E-state index contributed by atoms with van der Waals surface area (Å²) in [5, 5.41) is 0. The smallest absolute Gasteiger partial charge is 0.0503 e. The monoisotopic (exact) mass is 799 g/mol. The van der Waals surface area contributed by atoms with Gasteiger partial charge in [-0.25, -0.2) is 0 Å². The number of nitrogens with zero attached hydrogens (tertiary/aromatic N) is 3. The highest BCUT2D eigenvalue weighted by atomic mass is 15.2. The van der Waals surface area contributed by atoms with E-state index in [-0.39, 0.29) is 5.41 Å². The third-order valence-electron chi connectivity index (χ3n) is 12.4. The van der Waals surface area contributed by atoms with Crippen molar-refractivity contribution in [2.75, 3.05) is 14.7 Å². The Morgan fingerprint density at radius 2 is 0.710 bits per heavy atom. The highest BCUT2D eigenvalue weighted by molar-refractivity contribution is 5.91. The molecule has 0 saturated carbocycles. The second kappa shape index (κ2) is 16.4. The van der Waals surface area contributed by atoms with E-state index in [1.807, 2.05) is 0 Å². The minimum absolute atomic E-state index is 0.170. The zero-order valence-corrected chi connectivity index (χ0v) is 35.5. The normalized spacial score (nSPS) is 12.3. The largest absolute Gasteiger partial charge is 0.310 e. The van der Waals surface area contributed by atoms with Crippen LogP contribution in [0.5, 0.6) is 0 Å². The molecular formula is C59H49N3. The molecule has 0 radical (unpaired) electrons. The van der Waals surface area contributed by atoms with Crippen LogP contribution in [-0.2, 0) is 11.8 Å². The summed E-state index contributed by atoms with van der Waals surface area (Å²) in [6, 6.07) is 83.5. The highest BCUT2D eigenvalue weighted by Crippen LogP contribution is 2.53. The second-order valence-corrected chi connectivity index (χ2v) is 16.5. The minimum atomic E-state index is -0.170. The fourth-order valence-corrected chi connectivity index (χ4v) is 9.34. The Hall–Kier alpha value is -7.62. The molecule has 3 heteroatoms. The Kier molecular flexibility index (Phi) is 10.2. The third-order valence-corrected chi connectivity index (χ3v) is 12.4. The molecule has 0 aromatic heterocycles. The first-order valence-electron chi connectivity index (χ1n) is 21.7. The van der Waals surface area contributed by atoms with E-state index < -0.39 is 0 Å². The summed E-state index contributed by atoms with van der Waals surface area (Å²) in [6.45, 7) is 7.03. The molecule has 0 unspecified atom stereocenters. The molecule has 3 nitrogen and oxygen atoms in total. The van der Waals surface area contributed by atoms with E-state index in [1.54, 1.807) is 0 Å². The van der Waals surface area contributed by atoms with Gasteiger partial charge in [0.05, 0.1) is 17.1 Å². The van der Waals surface area contributed by atoms with E-state index in [1.165, 1.54) is 38.9 Å². The predicted molar refractivity (Wildman–Crippen MR) is 263 cm³/mol. The second-order valence-electron chi connectivity index (χ2n) is 16.5. The average molecular weight is 800 g/mol. The molecule has 0 N–H and O–H groups in total. The van der Waals surface area contributed by atoms with Crippen LogP contribution in [0.4, 0.5) is 51.2 Å². The molecule has 9 aromatic carbocycles. The quantitative estimate of drug-likeness (QED) is 0.129. The van der Waals surface area contributed by atoms with Gasteiger partial charge in [0.25, 0.3) is 0 Å². The van der Waals surface area contributed by atoms with E-state index in [2.05, 4.69) is 266 Å². The van der Waals surface area contributed by atoms with Gasteiger partial charge in [0.15, 0.2) is 0 Å². The van der Waals surface area contributed by atoms with Crippen molar-refractivity contribution in [1.29, 1.82) is 0 Å². The molecule has 0 aliphatic heterocycles. The lowest BCUT2D eigenvalue weighted by Gasteiger charge is -2.33. The van der Waals surface area contributed by atoms with Gasteiger partial charge in [-0.1, -0.05) is 160 Å². The summed E-state index contributed by atoms with van der Waals surface area (Å²) < 4.78 is 0. The Balaban J connectivity index is 1.24. The summed E-state index contributed by atoms with van der Waals surface area (Å²) in [6.07, 6.45) is 0.995. The van der Waals surface area contributed by atoms with Crippen LogP contribution >= 0.6 is 0 Å². The van der Waals surface area contributed by atoms with Crippen molar-refractivity contribution >= 4 is 51.2 Å². The Labute approximate surface area is 366 Å². The van der Waals surface area contributed by atoms with Crippen molar-refractivity contribution in [1.82, 2.24) is 0 Å². The fourth-order valence-electron chi connectivity index (χ4n) is 9.34. The van der Waals surface area contributed by atoms with Crippen molar-refractivity contribution in [3.8, 4) is 22.3 Å². The van der Waals surface area contributed by atoms with Crippen LogP contribution in [0, 0.1) is 0 Å². The maximum absolute atomic E-state index is 2.45. The van der Waals surface area contributed by atoms with E-state index in [4.69, 9.17) is 0 Å². The van der Waals surface area contributed by atoms with Gasteiger partial charge in [-0.2, -0.15) is 0 Å². The molecule has 0 saturated heterocycles. The van der Waals surface area contributed by atoms with Crippen molar-refractivity contribution in [2.45, 2.75) is 32.6 Å². The van der Waals surface area contributed by atoms with Gasteiger partial charge in [0, 0.05) is 39.5 Å². The lowest BCUT2D eigenvalue weighted by molar-refractivity contribution is 0.660. The van der Waals surface area contributed by atoms with Crippen molar-refractivity contribution in [3.63, 3.8) is 0 Å². The predicted octanol–water partition coefficient (Wildman–Crippen LogP) is 16.6. The molecule has 1 aliphatic rings.